The summed E-state index contributed by atoms with van der Waals surface area (Å²) in [5.74, 6) is 0. The Labute approximate surface area is 195 Å². The smallest absolute Gasteiger partial charge is 0.417 e. The standard InChI is InChI=1S/C26H22F3N3O2/c1-17(26(27,28)29)22-13-21(14-23(31-22)20-11-9-18(15-30)10-12-20)25(2,3)32-24(33)34-16-19-7-5-4-6-8-19/h4-14H,1,16H2,2-3H3,(H,32,33). The molecule has 0 saturated carbocycles. The minimum absolute atomic E-state index is 0.0473. The predicted molar refractivity (Wildman–Crippen MR) is 122 cm³/mol. The summed E-state index contributed by atoms with van der Waals surface area (Å²) in [5, 5.41) is 11.7. The van der Waals surface area contributed by atoms with Crippen LogP contribution in [-0.4, -0.2) is 17.3 Å². The molecule has 1 aromatic heterocycles. The van der Waals surface area contributed by atoms with Gasteiger partial charge in [-0.1, -0.05) is 49.0 Å². The third kappa shape index (κ3) is 6.01. The third-order valence-corrected chi connectivity index (χ3v) is 5.14. The number of aromatic nitrogens is 1. The van der Waals surface area contributed by atoms with Crippen molar-refractivity contribution in [1.82, 2.24) is 10.3 Å². The minimum Gasteiger partial charge on any atom is -0.445 e. The number of benzene rings is 2. The lowest BCUT2D eigenvalue weighted by atomic mass is 9.91. The number of allylic oxidation sites excluding steroid dienone is 1. The first kappa shape index (κ1) is 24.5. The van der Waals surface area contributed by atoms with Gasteiger partial charge in [0.15, 0.2) is 0 Å². The Morgan fingerprint density at radius 2 is 1.74 bits per heavy atom. The summed E-state index contributed by atoms with van der Waals surface area (Å²) in [6.45, 7) is 6.51. The number of alkyl halides is 3. The summed E-state index contributed by atoms with van der Waals surface area (Å²) in [5.41, 5.74) is -0.232. The Kier molecular flexibility index (Phi) is 7.06. The molecule has 8 heteroatoms. The molecule has 0 bridgehead atoms. The SMILES string of the molecule is C=C(c1cc(C(C)(C)NC(=O)OCc2ccccc2)cc(-c2ccc(C#N)cc2)n1)C(F)(F)F. The lowest BCUT2D eigenvalue weighted by Crippen LogP contribution is -2.41. The number of halogens is 3. The van der Waals surface area contributed by atoms with E-state index in [-0.39, 0.29) is 18.0 Å². The van der Waals surface area contributed by atoms with Crippen molar-refractivity contribution in [2.75, 3.05) is 0 Å². The topological polar surface area (TPSA) is 75.0 Å². The molecule has 0 unspecified atom stereocenters. The third-order valence-electron chi connectivity index (χ3n) is 5.14. The van der Waals surface area contributed by atoms with Gasteiger partial charge in [0, 0.05) is 5.56 Å². The Hall–Kier alpha value is -4.12. The van der Waals surface area contributed by atoms with Gasteiger partial charge in [-0.25, -0.2) is 9.78 Å². The highest BCUT2D eigenvalue weighted by atomic mass is 19.4. The summed E-state index contributed by atoms with van der Waals surface area (Å²) in [4.78, 5) is 16.6. The number of ether oxygens (including phenoxy) is 1. The van der Waals surface area contributed by atoms with Crippen LogP contribution in [0, 0.1) is 11.3 Å². The second-order valence-corrected chi connectivity index (χ2v) is 8.10. The fraction of sp³-hybridized carbons (Fsp3) is 0.192. The van der Waals surface area contributed by atoms with Crippen LogP contribution in [0.5, 0.6) is 0 Å². The van der Waals surface area contributed by atoms with Crippen LogP contribution < -0.4 is 5.32 Å². The minimum atomic E-state index is -4.68. The van der Waals surface area contributed by atoms with E-state index in [1.54, 1.807) is 56.3 Å². The van der Waals surface area contributed by atoms with Crippen LogP contribution >= 0.6 is 0 Å². The van der Waals surface area contributed by atoms with Crippen molar-refractivity contribution in [3.63, 3.8) is 0 Å². The lowest BCUT2D eigenvalue weighted by molar-refractivity contribution is -0.0689. The molecule has 1 amide bonds. The molecule has 1 N–H and O–H groups in total. The van der Waals surface area contributed by atoms with Crippen LogP contribution in [0.25, 0.3) is 16.8 Å². The van der Waals surface area contributed by atoms with E-state index in [1.165, 1.54) is 6.07 Å². The Bertz CT molecular complexity index is 1230. The highest BCUT2D eigenvalue weighted by Crippen LogP contribution is 2.35. The Morgan fingerprint density at radius 3 is 2.32 bits per heavy atom. The van der Waals surface area contributed by atoms with Crippen LogP contribution in [0.4, 0.5) is 18.0 Å². The van der Waals surface area contributed by atoms with Crippen LogP contribution in [0.1, 0.15) is 36.2 Å². The van der Waals surface area contributed by atoms with Crippen molar-refractivity contribution >= 4 is 11.7 Å². The van der Waals surface area contributed by atoms with Crippen LogP contribution in [0.2, 0.25) is 0 Å². The number of alkyl carbamates (subject to hydrolysis) is 1. The molecule has 1 heterocycles. The number of nitrogens with one attached hydrogen (secondary N) is 1. The summed E-state index contributed by atoms with van der Waals surface area (Å²) in [6, 6.07) is 20.2. The van der Waals surface area contributed by atoms with Crippen LogP contribution in [0.15, 0.2) is 73.3 Å². The maximum Gasteiger partial charge on any atom is 0.417 e. The number of rotatable bonds is 6. The molecule has 174 valence electrons. The van der Waals surface area contributed by atoms with Gasteiger partial charge in [-0.3, -0.25) is 0 Å². The number of nitriles is 1. The van der Waals surface area contributed by atoms with E-state index in [2.05, 4.69) is 16.9 Å². The van der Waals surface area contributed by atoms with Gasteiger partial charge < -0.3 is 10.1 Å². The monoisotopic (exact) mass is 465 g/mol. The largest absolute Gasteiger partial charge is 0.445 e. The average molecular weight is 465 g/mol. The second-order valence-electron chi connectivity index (χ2n) is 8.10. The Balaban J connectivity index is 1.93. The van der Waals surface area contributed by atoms with Gasteiger partial charge in [-0.05, 0) is 49.2 Å². The van der Waals surface area contributed by atoms with E-state index < -0.39 is 23.4 Å². The highest BCUT2D eigenvalue weighted by Gasteiger charge is 2.35. The molecule has 0 radical (unpaired) electrons. The summed E-state index contributed by atoms with van der Waals surface area (Å²) < 4.78 is 45.5. The van der Waals surface area contributed by atoms with Crippen molar-refractivity contribution in [1.29, 1.82) is 5.26 Å². The molecule has 3 rings (SSSR count). The van der Waals surface area contributed by atoms with Crippen molar-refractivity contribution in [3.05, 3.63) is 95.7 Å². The number of hydrogen-bond donors (Lipinski definition) is 1. The van der Waals surface area contributed by atoms with Crippen LogP contribution in [-0.2, 0) is 16.9 Å². The van der Waals surface area contributed by atoms with E-state index in [0.29, 0.717) is 16.7 Å². The number of pyridine rings is 1. The fourth-order valence-electron chi connectivity index (χ4n) is 3.14. The maximum absolute atomic E-state index is 13.4. The number of carbonyl (C=O) groups excluding carboxylic acids is 1. The molecule has 0 aliphatic heterocycles. The van der Waals surface area contributed by atoms with E-state index in [4.69, 9.17) is 10.00 Å². The number of amides is 1. The van der Waals surface area contributed by atoms with Gasteiger partial charge in [-0.15, -0.1) is 0 Å². The van der Waals surface area contributed by atoms with Crippen molar-refractivity contribution in [3.8, 4) is 17.3 Å². The quantitative estimate of drug-likeness (QED) is 0.460. The molecule has 0 spiro atoms. The first-order chi connectivity index (χ1) is 16.0. The van der Waals surface area contributed by atoms with Gasteiger partial charge in [0.1, 0.15) is 6.61 Å². The van der Waals surface area contributed by atoms with Crippen molar-refractivity contribution in [2.24, 2.45) is 0 Å². The van der Waals surface area contributed by atoms with Gasteiger partial charge in [0.2, 0.25) is 0 Å². The zero-order valence-corrected chi connectivity index (χ0v) is 18.6. The molecular formula is C26H22F3N3O2. The van der Waals surface area contributed by atoms with E-state index >= 15 is 0 Å². The highest BCUT2D eigenvalue weighted by molar-refractivity contribution is 5.72. The molecule has 0 aliphatic carbocycles. The molecule has 0 saturated heterocycles. The molecule has 2 aromatic carbocycles. The molecule has 0 atom stereocenters. The number of carbonyl (C=O) groups is 1. The fourth-order valence-corrected chi connectivity index (χ4v) is 3.14. The average Bonchev–Trinajstić information content (AvgIpc) is 2.82. The summed E-state index contributed by atoms with van der Waals surface area (Å²) in [6.07, 6.45) is -5.40. The van der Waals surface area contributed by atoms with Gasteiger partial charge in [0.25, 0.3) is 0 Å². The molecule has 0 aliphatic rings. The van der Waals surface area contributed by atoms with E-state index in [1.807, 2.05) is 24.3 Å². The normalized spacial score (nSPS) is 11.4. The van der Waals surface area contributed by atoms with Crippen LogP contribution in [0.3, 0.4) is 0 Å². The van der Waals surface area contributed by atoms with Gasteiger partial charge in [-0.2, -0.15) is 18.4 Å². The predicted octanol–water partition coefficient (Wildman–Crippen LogP) is 6.36. The molecule has 3 aromatic rings. The van der Waals surface area contributed by atoms with Crippen molar-refractivity contribution < 1.29 is 22.7 Å². The van der Waals surface area contributed by atoms with Crippen molar-refractivity contribution in [2.45, 2.75) is 32.2 Å². The summed E-state index contributed by atoms with van der Waals surface area (Å²) >= 11 is 0. The number of nitrogens with zero attached hydrogens (tertiary/aromatic N) is 2. The maximum atomic E-state index is 13.4. The first-order valence-corrected chi connectivity index (χ1v) is 10.3. The van der Waals surface area contributed by atoms with E-state index in [0.717, 1.165) is 5.56 Å². The van der Waals surface area contributed by atoms with Gasteiger partial charge in [0.05, 0.1) is 34.1 Å². The second kappa shape index (κ2) is 9.79. The summed E-state index contributed by atoms with van der Waals surface area (Å²) in [7, 11) is 0. The van der Waals surface area contributed by atoms with E-state index in [9.17, 15) is 18.0 Å². The number of hydrogen-bond acceptors (Lipinski definition) is 4. The zero-order valence-electron chi connectivity index (χ0n) is 18.6. The zero-order chi connectivity index (χ0) is 24.9. The van der Waals surface area contributed by atoms with Gasteiger partial charge >= 0.3 is 12.3 Å². The Morgan fingerprint density at radius 1 is 1.09 bits per heavy atom. The molecular weight excluding hydrogens is 443 g/mol. The first-order valence-electron chi connectivity index (χ1n) is 10.3. The molecule has 5 nitrogen and oxygen atoms in total. The molecule has 34 heavy (non-hydrogen) atoms. The lowest BCUT2D eigenvalue weighted by Gasteiger charge is -2.28. The molecule has 0 fully saturated rings.